The first-order valence-corrected chi connectivity index (χ1v) is 9.45. The van der Waals surface area contributed by atoms with Crippen molar-refractivity contribution in [3.8, 4) is 11.5 Å². The van der Waals surface area contributed by atoms with Crippen molar-refractivity contribution in [3.63, 3.8) is 0 Å². The fraction of sp³-hybridized carbons (Fsp3) is 0.130. The normalized spacial score (nSPS) is 13.5. The van der Waals surface area contributed by atoms with E-state index in [1.807, 2.05) is 65.6 Å². The van der Waals surface area contributed by atoms with Gasteiger partial charge in [0.05, 0.1) is 23.5 Å². The molecule has 2 N–H and O–H groups in total. The third kappa shape index (κ3) is 4.38. The van der Waals surface area contributed by atoms with E-state index in [4.69, 9.17) is 4.74 Å². The van der Waals surface area contributed by atoms with Crippen LogP contribution >= 0.6 is 0 Å². The summed E-state index contributed by atoms with van der Waals surface area (Å²) in [7, 11) is 0. The van der Waals surface area contributed by atoms with Crippen LogP contribution in [-0.2, 0) is 4.79 Å². The summed E-state index contributed by atoms with van der Waals surface area (Å²) in [4.78, 5) is 26.8. The van der Waals surface area contributed by atoms with Gasteiger partial charge in [0.2, 0.25) is 5.91 Å². The predicted molar refractivity (Wildman–Crippen MR) is 113 cm³/mol. The van der Waals surface area contributed by atoms with Crippen LogP contribution in [0.1, 0.15) is 10.4 Å². The molecule has 4 rings (SSSR count). The Morgan fingerprint density at radius 1 is 0.931 bits per heavy atom. The summed E-state index contributed by atoms with van der Waals surface area (Å²) in [6.07, 6.45) is 0. The molecule has 1 saturated heterocycles. The number of hydrogen-bond acceptors (Lipinski definition) is 4. The molecule has 0 bridgehead atoms. The lowest BCUT2D eigenvalue weighted by Crippen LogP contribution is -2.47. The van der Waals surface area contributed by atoms with E-state index in [0.717, 1.165) is 5.69 Å². The van der Waals surface area contributed by atoms with Crippen LogP contribution in [0.15, 0.2) is 78.9 Å². The molecule has 0 aliphatic carbocycles. The van der Waals surface area contributed by atoms with Crippen molar-refractivity contribution in [1.29, 1.82) is 0 Å². The third-order valence-electron chi connectivity index (χ3n) is 4.63. The molecular weight excluding hydrogens is 366 g/mol. The Labute approximate surface area is 169 Å². The van der Waals surface area contributed by atoms with Crippen molar-refractivity contribution >= 4 is 23.2 Å². The summed E-state index contributed by atoms with van der Waals surface area (Å²) in [6, 6.07) is 23.9. The molecule has 0 spiro atoms. The Bertz CT molecular complexity index is 1020. The van der Waals surface area contributed by atoms with E-state index in [1.165, 1.54) is 0 Å². The SMILES string of the molecule is O=C1CN(c2ccccc2NC(=O)c2ccccc2Oc2ccccc2)CCN1. The van der Waals surface area contributed by atoms with Gasteiger partial charge in [0, 0.05) is 13.1 Å². The number of anilines is 2. The second-order valence-corrected chi connectivity index (χ2v) is 6.65. The molecule has 0 saturated carbocycles. The highest BCUT2D eigenvalue weighted by Crippen LogP contribution is 2.29. The number of carbonyl (C=O) groups excluding carboxylic acids is 2. The summed E-state index contributed by atoms with van der Waals surface area (Å²) in [5.74, 6) is 0.836. The van der Waals surface area contributed by atoms with E-state index >= 15 is 0 Å². The van der Waals surface area contributed by atoms with Crippen molar-refractivity contribution in [2.45, 2.75) is 0 Å². The average molecular weight is 387 g/mol. The maximum atomic E-state index is 13.0. The van der Waals surface area contributed by atoms with Gasteiger partial charge in [0.15, 0.2) is 0 Å². The first-order chi connectivity index (χ1) is 14.2. The first kappa shape index (κ1) is 18.6. The smallest absolute Gasteiger partial charge is 0.259 e. The van der Waals surface area contributed by atoms with Crippen LogP contribution in [0.4, 0.5) is 11.4 Å². The maximum absolute atomic E-state index is 13.0. The minimum atomic E-state index is -0.273. The Morgan fingerprint density at radius 2 is 1.66 bits per heavy atom. The molecule has 0 atom stereocenters. The molecule has 1 heterocycles. The van der Waals surface area contributed by atoms with Gasteiger partial charge in [-0.2, -0.15) is 0 Å². The average Bonchev–Trinajstić information content (AvgIpc) is 2.75. The second kappa shape index (κ2) is 8.48. The zero-order valence-electron chi connectivity index (χ0n) is 15.8. The molecule has 3 aromatic rings. The lowest BCUT2D eigenvalue weighted by molar-refractivity contribution is -0.120. The van der Waals surface area contributed by atoms with Crippen LogP contribution in [0.3, 0.4) is 0 Å². The quantitative estimate of drug-likeness (QED) is 0.701. The van der Waals surface area contributed by atoms with E-state index in [2.05, 4.69) is 10.6 Å². The molecule has 6 nitrogen and oxygen atoms in total. The van der Waals surface area contributed by atoms with Gasteiger partial charge in [-0.15, -0.1) is 0 Å². The molecule has 6 heteroatoms. The Hall–Kier alpha value is -3.80. The van der Waals surface area contributed by atoms with Crippen LogP contribution in [0.5, 0.6) is 11.5 Å². The summed E-state index contributed by atoms with van der Waals surface area (Å²) in [5, 5.41) is 5.79. The lowest BCUT2D eigenvalue weighted by atomic mass is 10.1. The van der Waals surface area contributed by atoms with Crippen molar-refractivity contribution in [2.24, 2.45) is 0 Å². The minimum Gasteiger partial charge on any atom is -0.457 e. The van der Waals surface area contributed by atoms with Gasteiger partial charge in [-0.05, 0) is 36.4 Å². The van der Waals surface area contributed by atoms with Gasteiger partial charge in [-0.3, -0.25) is 9.59 Å². The molecule has 1 aliphatic heterocycles. The lowest BCUT2D eigenvalue weighted by Gasteiger charge is -2.30. The van der Waals surface area contributed by atoms with E-state index in [9.17, 15) is 9.59 Å². The molecule has 0 aromatic heterocycles. The molecule has 29 heavy (non-hydrogen) atoms. The second-order valence-electron chi connectivity index (χ2n) is 6.65. The van der Waals surface area contributed by atoms with Gasteiger partial charge < -0.3 is 20.3 Å². The van der Waals surface area contributed by atoms with E-state index in [0.29, 0.717) is 35.8 Å². The first-order valence-electron chi connectivity index (χ1n) is 9.45. The highest BCUT2D eigenvalue weighted by atomic mass is 16.5. The van der Waals surface area contributed by atoms with Crippen molar-refractivity contribution in [1.82, 2.24) is 5.32 Å². The molecule has 146 valence electrons. The summed E-state index contributed by atoms with van der Waals surface area (Å²) in [5.41, 5.74) is 1.90. The number of hydrogen-bond donors (Lipinski definition) is 2. The van der Waals surface area contributed by atoms with Crippen molar-refractivity contribution < 1.29 is 14.3 Å². The molecule has 1 aliphatic rings. The fourth-order valence-corrected chi connectivity index (χ4v) is 3.25. The minimum absolute atomic E-state index is 0.0287. The standard InChI is InChI=1S/C23H21N3O3/c27-22-16-26(15-14-24-22)20-12-6-5-11-19(20)25-23(28)18-10-4-7-13-21(18)29-17-8-2-1-3-9-17/h1-13H,14-16H2,(H,24,27)(H,25,28). The maximum Gasteiger partial charge on any atom is 0.259 e. The van der Waals surface area contributed by atoms with Crippen molar-refractivity contribution in [3.05, 3.63) is 84.4 Å². The van der Waals surface area contributed by atoms with Gasteiger partial charge in [-0.25, -0.2) is 0 Å². The van der Waals surface area contributed by atoms with Crippen LogP contribution < -0.4 is 20.3 Å². The van der Waals surface area contributed by atoms with E-state index < -0.39 is 0 Å². The number of nitrogens with zero attached hydrogens (tertiary/aromatic N) is 1. The fourth-order valence-electron chi connectivity index (χ4n) is 3.25. The van der Waals surface area contributed by atoms with Crippen LogP contribution in [0, 0.1) is 0 Å². The van der Waals surface area contributed by atoms with Crippen LogP contribution in [0.2, 0.25) is 0 Å². The number of para-hydroxylation sites is 4. The molecule has 2 amide bonds. The number of amides is 2. The monoisotopic (exact) mass is 387 g/mol. The van der Waals surface area contributed by atoms with Gasteiger partial charge in [0.1, 0.15) is 11.5 Å². The number of nitrogens with one attached hydrogen (secondary N) is 2. The van der Waals surface area contributed by atoms with Gasteiger partial charge in [-0.1, -0.05) is 42.5 Å². The Morgan fingerprint density at radius 3 is 2.48 bits per heavy atom. The number of ether oxygens (including phenoxy) is 1. The highest BCUT2D eigenvalue weighted by molar-refractivity contribution is 6.08. The van der Waals surface area contributed by atoms with Crippen LogP contribution in [0.25, 0.3) is 0 Å². The van der Waals surface area contributed by atoms with E-state index in [1.54, 1.807) is 18.2 Å². The zero-order chi connectivity index (χ0) is 20.1. The highest BCUT2D eigenvalue weighted by Gasteiger charge is 2.20. The topological polar surface area (TPSA) is 70.7 Å². The number of piperazine rings is 1. The molecule has 1 fully saturated rings. The summed E-state index contributed by atoms with van der Waals surface area (Å²) < 4.78 is 5.90. The number of benzene rings is 3. The number of carbonyl (C=O) groups is 2. The van der Waals surface area contributed by atoms with E-state index in [-0.39, 0.29) is 18.4 Å². The largest absolute Gasteiger partial charge is 0.457 e. The predicted octanol–water partition coefficient (Wildman–Crippen LogP) is 3.67. The van der Waals surface area contributed by atoms with Gasteiger partial charge in [0.25, 0.3) is 5.91 Å². The molecular formula is C23H21N3O3. The van der Waals surface area contributed by atoms with Gasteiger partial charge >= 0.3 is 0 Å². The Balaban J connectivity index is 1.57. The summed E-state index contributed by atoms with van der Waals surface area (Å²) in [6.45, 7) is 1.53. The van der Waals surface area contributed by atoms with Crippen molar-refractivity contribution in [2.75, 3.05) is 29.9 Å². The molecule has 0 radical (unpaired) electrons. The molecule has 0 unspecified atom stereocenters. The Kier molecular flexibility index (Phi) is 5.42. The van der Waals surface area contributed by atoms with Crippen LogP contribution in [-0.4, -0.2) is 31.4 Å². The zero-order valence-corrected chi connectivity index (χ0v) is 15.8. The number of rotatable bonds is 5. The summed E-state index contributed by atoms with van der Waals surface area (Å²) >= 11 is 0. The third-order valence-corrected chi connectivity index (χ3v) is 4.63. The molecule has 3 aromatic carbocycles.